The molecule has 1 amide bonds. The average Bonchev–Trinajstić information content (AvgIpc) is 3.27. The molecule has 35 heavy (non-hydrogen) atoms. The number of nitrogens with one attached hydrogen (secondary N) is 1. The molecule has 1 aliphatic rings. The van der Waals surface area contributed by atoms with E-state index in [2.05, 4.69) is 10.1 Å². The third-order valence-corrected chi connectivity index (χ3v) is 5.36. The molecule has 2 aromatic carbocycles. The second kappa shape index (κ2) is 11.3. The van der Waals surface area contributed by atoms with Crippen LogP contribution in [0.2, 0.25) is 0 Å². The molecule has 2 aromatic rings. The number of hydrogen-bond acceptors (Lipinski definition) is 6. The minimum Gasteiger partial charge on any atom is -0.494 e. The molecule has 1 heterocycles. The maximum atomic E-state index is 12.2. The predicted octanol–water partition coefficient (Wildman–Crippen LogP) is 4.59. The lowest BCUT2D eigenvalue weighted by Gasteiger charge is -2.24. The van der Waals surface area contributed by atoms with Gasteiger partial charge in [0.05, 0.1) is 6.61 Å². The molecule has 3 rings (SSSR count). The van der Waals surface area contributed by atoms with E-state index in [9.17, 15) is 27.9 Å². The van der Waals surface area contributed by atoms with Crippen LogP contribution in [0.1, 0.15) is 36.5 Å². The summed E-state index contributed by atoms with van der Waals surface area (Å²) in [7, 11) is 0. The molecular weight excluding hydrogens is 471 g/mol. The zero-order valence-corrected chi connectivity index (χ0v) is 19.0. The fourth-order valence-corrected chi connectivity index (χ4v) is 3.74. The van der Waals surface area contributed by atoms with E-state index in [0.29, 0.717) is 42.9 Å². The first kappa shape index (κ1) is 26.1. The van der Waals surface area contributed by atoms with E-state index in [1.54, 1.807) is 18.2 Å². The lowest BCUT2D eigenvalue weighted by atomic mass is 9.91. The van der Waals surface area contributed by atoms with Crippen molar-refractivity contribution in [3.63, 3.8) is 0 Å². The van der Waals surface area contributed by atoms with Crippen LogP contribution in [-0.4, -0.2) is 42.3 Å². The summed E-state index contributed by atoms with van der Waals surface area (Å²) in [4.78, 5) is 24.0. The van der Waals surface area contributed by atoms with Gasteiger partial charge in [0, 0.05) is 25.1 Å². The van der Waals surface area contributed by atoms with Crippen molar-refractivity contribution < 1.29 is 46.8 Å². The topological polar surface area (TPSA) is 103 Å². The standard InChI is InChI=1S/C24H26F3NO7/c1-2-32-20-9-6-17(13-23(21(29)30)10-3-11-34-23)12-18(20)14-28-22(31)33-15-16-4-7-19(8-5-16)35-24(25,26)27/h4-9,12H,2-3,10-11,13-15H2,1H3,(H,28,31)(H,29,30). The summed E-state index contributed by atoms with van der Waals surface area (Å²) in [5, 5.41) is 12.2. The van der Waals surface area contributed by atoms with E-state index in [1.807, 2.05) is 6.92 Å². The molecule has 190 valence electrons. The molecule has 0 aliphatic carbocycles. The van der Waals surface area contributed by atoms with Crippen LogP contribution in [0, 0.1) is 0 Å². The van der Waals surface area contributed by atoms with E-state index in [-0.39, 0.29) is 25.3 Å². The first-order chi connectivity index (χ1) is 16.6. The third kappa shape index (κ3) is 7.51. The van der Waals surface area contributed by atoms with E-state index in [4.69, 9.17) is 14.2 Å². The van der Waals surface area contributed by atoms with Crippen molar-refractivity contribution >= 4 is 12.1 Å². The molecule has 0 spiro atoms. The van der Waals surface area contributed by atoms with Gasteiger partial charge in [-0.05, 0) is 49.1 Å². The molecule has 1 aliphatic heterocycles. The number of alkyl carbamates (subject to hydrolysis) is 1. The number of carboxylic acid groups (broad SMARTS) is 1. The number of rotatable bonds is 10. The van der Waals surface area contributed by atoms with Gasteiger partial charge in [-0.2, -0.15) is 0 Å². The minimum atomic E-state index is -4.78. The molecule has 2 N–H and O–H groups in total. The Hall–Kier alpha value is -3.47. The highest BCUT2D eigenvalue weighted by Gasteiger charge is 2.43. The number of carbonyl (C=O) groups is 2. The van der Waals surface area contributed by atoms with E-state index in [1.165, 1.54) is 12.1 Å². The van der Waals surface area contributed by atoms with E-state index >= 15 is 0 Å². The maximum Gasteiger partial charge on any atom is 0.573 e. The summed E-state index contributed by atoms with van der Waals surface area (Å²) in [6.45, 7) is 2.50. The average molecular weight is 497 g/mol. The Morgan fingerprint density at radius 1 is 1.14 bits per heavy atom. The zero-order valence-electron chi connectivity index (χ0n) is 19.0. The van der Waals surface area contributed by atoms with Gasteiger partial charge in [-0.25, -0.2) is 9.59 Å². The Bertz CT molecular complexity index is 1020. The number of benzene rings is 2. The van der Waals surface area contributed by atoms with Crippen molar-refractivity contribution in [1.29, 1.82) is 0 Å². The number of hydrogen-bond donors (Lipinski definition) is 2. The van der Waals surface area contributed by atoms with Gasteiger partial charge in [-0.15, -0.1) is 13.2 Å². The van der Waals surface area contributed by atoms with Gasteiger partial charge >= 0.3 is 18.4 Å². The van der Waals surface area contributed by atoms with Gasteiger partial charge in [0.15, 0.2) is 5.60 Å². The van der Waals surface area contributed by atoms with E-state index < -0.39 is 24.0 Å². The molecule has 1 unspecified atom stereocenters. The lowest BCUT2D eigenvalue weighted by Crippen LogP contribution is -2.40. The van der Waals surface area contributed by atoms with E-state index in [0.717, 1.165) is 17.7 Å². The SMILES string of the molecule is CCOc1ccc(CC2(C(=O)O)CCCO2)cc1CNC(=O)OCc1ccc(OC(F)(F)F)cc1. The molecule has 1 atom stereocenters. The van der Waals surface area contributed by atoms with Crippen LogP contribution in [0.25, 0.3) is 0 Å². The molecule has 11 heteroatoms. The van der Waals surface area contributed by atoms with Crippen LogP contribution in [0.3, 0.4) is 0 Å². The van der Waals surface area contributed by atoms with Crippen LogP contribution >= 0.6 is 0 Å². The molecule has 1 saturated heterocycles. The summed E-state index contributed by atoms with van der Waals surface area (Å²) in [5.41, 5.74) is 0.567. The molecular formula is C24H26F3NO7. The first-order valence-corrected chi connectivity index (χ1v) is 11.0. The number of ether oxygens (including phenoxy) is 4. The van der Waals surface area contributed by atoms with Crippen LogP contribution in [0.5, 0.6) is 11.5 Å². The maximum absolute atomic E-state index is 12.2. The molecule has 1 fully saturated rings. The second-order valence-corrected chi connectivity index (χ2v) is 7.92. The van der Waals surface area contributed by atoms with Gasteiger partial charge in [0.1, 0.15) is 18.1 Å². The van der Waals surface area contributed by atoms with Gasteiger partial charge in [-0.1, -0.05) is 24.3 Å². The van der Waals surface area contributed by atoms with Crippen molar-refractivity contribution in [2.75, 3.05) is 13.2 Å². The Morgan fingerprint density at radius 2 is 1.86 bits per heavy atom. The number of carboxylic acids is 1. The van der Waals surface area contributed by atoms with Gasteiger partial charge in [0.25, 0.3) is 0 Å². The van der Waals surface area contributed by atoms with Crippen molar-refractivity contribution in [3.8, 4) is 11.5 Å². The largest absolute Gasteiger partial charge is 0.573 e. The van der Waals surface area contributed by atoms with Crippen molar-refractivity contribution in [2.45, 2.75) is 51.3 Å². The van der Waals surface area contributed by atoms with Crippen LogP contribution < -0.4 is 14.8 Å². The Balaban J connectivity index is 1.58. The number of carbonyl (C=O) groups excluding carboxylic acids is 1. The highest BCUT2D eigenvalue weighted by molar-refractivity contribution is 5.78. The predicted molar refractivity (Wildman–Crippen MR) is 117 cm³/mol. The Labute approximate surface area is 199 Å². The molecule has 0 aromatic heterocycles. The van der Waals surface area contributed by atoms with Crippen LogP contribution in [-0.2, 0) is 33.8 Å². The summed E-state index contributed by atoms with van der Waals surface area (Å²) in [6.07, 6.45) is -4.26. The highest BCUT2D eigenvalue weighted by atomic mass is 19.4. The first-order valence-electron chi connectivity index (χ1n) is 11.0. The summed E-state index contributed by atoms with van der Waals surface area (Å²) in [6, 6.07) is 10.2. The fraction of sp³-hybridized carbons (Fsp3) is 0.417. The highest BCUT2D eigenvalue weighted by Crippen LogP contribution is 2.31. The lowest BCUT2D eigenvalue weighted by molar-refractivity contribution is -0.274. The van der Waals surface area contributed by atoms with Gasteiger partial charge in [-0.3, -0.25) is 0 Å². The Kier molecular flexibility index (Phi) is 8.44. The number of amides is 1. The quantitative estimate of drug-likeness (QED) is 0.495. The summed E-state index contributed by atoms with van der Waals surface area (Å²) >= 11 is 0. The van der Waals surface area contributed by atoms with Crippen molar-refractivity contribution in [2.24, 2.45) is 0 Å². The number of alkyl halides is 3. The molecule has 0 bridgehead atoms. The van der Waals surface area contributed by atoms with Crippen LogP contribution in [0.4, 0.5) is 18.0 Å². The number of aliphatic carboxylic acids is 1. The van der Waals surface area contributed by atoms with Crippen molar-refractivity contribution in [1.82, 2.24) is 5.32 Å². The van der Waals surface area contributed by atoms with Gasteiger partial charge in [0.2, 0.25) is 0 Å². The second-order valence-electron chi connectivity index (χ2n) is 7.92. The molecule has 0 saturated carbocycles. The normalized spacial score (nSPS) is 17.6. The van der Waals surface area contributed by atoms with Crippen molar-refractivity contribution in [3.05, 3.63) is 59.2 Å². The Morgan fingerprint density at radius 3 is 2.46 bits per heavy atom. The smallest absolute Gasteiger partial charge is 0.494 e. The summed E-state index contributed by atoms with van der Waals surface area (Å²) < 4.78 is 56.8. The fourth-order valence-electron chi connectivity index (χ4n) is 3.74. The monoisotopic (exact) mass is 497 g/mol. The van der Waals surface area contributed by atoms with Gasteiger partial charge < -0.3 is 29.4 Å². The minimum absolute atomic E-state index is 0.0568. The summed E-state index contributed by atoms with van der Waals surface area (Å²) in [5.74, 6) is -0.847. The van der Waals surface area contributed by atoms with Crippen LogP contribution in [0.15, 0.2) is 42.5 Å². The molecule has 8 nitrogen and oxygen atoms in total. The third-order valence-electron chi connectivity index (χ3n) is 5.36. The number of halogens is 3. The molecule has 0 radical (unpaired) electrons. The zero-order chi connectivity index (χ0) is 25.5.